The molecule has 0 spiro atoms. The van der Waals surface area contributed by atoms with Crippen molar-refractivity contribution in [3.63, 3.8) is 0 Å². The van der Waals surface area contributed by atoms with E-state index in [4.69, 9.17) is 23.2 Å². The van der Waals surface area contributed by atoms with Gasteiger partial charge in [-0.3, -0.25) is 0 Å². The number of nitrogens with one attached hydrogen (secondary N) is 2. The molecule has 1 fully saturated rings. The fourth-order valence-corrected chi connectivity index (χ4v) is 1.87. The first-order valence-corrected chi connectivity index (χ1v) is 4.92. The molecule has 1 unspecified atom stereocenters. The highest BCUT2D eigenvalue weighted by molar-refractivity contribution is 6.42. The van der Waals surface area contributed by atoms with E-state index in [1.54, 1.807) is 6.07 Å². The summed E-state index contributed by atoms with van der Waals surface area (Å²) in [6, 6.07) is 5.12. The van der Waals surface area contributed by atoms with Crippen molar-refractivity contribution in [3.8, 4) is 0 Å². The Morgan fingerprint density at radius 1 is 1.36 bits per heavy atom. The third-order valence-electron chi connectivity index (χ3n) is 2.13. The highest BCUT2D eigenvalue weighted by atomic mass is 35.5. The van der Waals surface area contributed by atoms with E-state index in [0.717, 1.165) is 5.56 Å². The molecule has 0 saturated carbocycles. The molecule has 3 nitrogen and oxygen atoms in total. The topological polar surface area (TPSA) is 41.1 Å². The zero-order valence-corrected chi connectivity index (χ0v) is 8.69. The SMILES string of the molecule is O=C1NCC(c2cccc(Cl)c2Cl)N1. The number of hydrogen-bond donors (Lipinski definition) is 2. The van der Waals surface area contributed by atoms with E-state index in [1.807, 2.05) is 12.1 Å². The van der Waals surface area contributed by atoms with Crippen LogP contribution in [0.4, 0.5) is 4.79 Å². The summed E-state index contributed by atoms with van der Waals surface area (Å²) in [4.78, 5) is 10.9. The van der Waals surface area contributed by atoms with Crippen LogP contribution < -0.4 is 10.6 Å². The second-order valence-corrected chi connectivity index (χ2v) is 3.84. The number of amides is 2. The van der Waals surface area contributed by atoms with Crippen LogP contribution >= 0.6 is 23.2 Å². The largest absolute Gasteiger partial charge is 0.336 e. The van der Waals surface area contributed by atoms with Gasteiger partial charge in [0.15, 0.2) is 0 Å². The highest BCUT2D eigenvalue weighted by Crippen LogP contribution is 2.30. The lowest BCUT2D eigenvalue weighted by Crippen LogP contribution is -2.21. The number of urea groups is 1. The van der Waals surface area contributed by atoms with Crippen LogP contribution in [-0.2, 0) is 0 Å². The van der Waals surface area contributed by atoms with Crippen molar-refractivity contribution < 1.29 is 4.79 Å². The summed E-state index contributed by atoms with van der Waals surface area (Å²) in [6.07, 6.45) is 0. The fourth-order valence-electron chi connectivity index (χ4n) is 1.43. The smallest absolute Gasteiger partial charge is 0.315 e. The molecule has 1 aliphatic heterocycles. The molecular formula is C9H8Cl2N2O. The Balaban J connectivity index is 2.32. The summed E-state index contributed by atoms with van der Waals surface area (Å²) < 4.78 is 0. The van der Waals surface area contributed by atoms with Crippen molar-refractivity contribution in [2.24, 2.45) is 0 Å². The van der Waals surface area contributed by atoms with E-state index < -0.39 is 0 Å². The quantitative estimate of drug-likeness (QED) is 0.765. The van der Waals surface area contributed by atoms with Gasteiger partial charge in [0.2, 0.25) is 0 Å². The summed E-state index contributed by atoms with van der Waals surface area (Å²) >= 11 is 11.9. The lowest BCUT2D eigenvalue weighted by atomic mass is 10.1. The van der Waals surface area contributed by atoms with Gasteiger partial charge in [0.1, 0.15) is 0 Å². The first-order valence-electron chi connectivity index (χ1n) is 4.17. The molecule has 74 valence electrons. The van der Waals surface area contributed by atoms with Gasteiger partial charge in [0, 0.05) is 6.54 Å². The van der Waals surface area contributed by atoms with Gasteiger partial charge in [-0.15, -0.1) is 0 Å². The number of rotatable bonds is 1. The van der Waals surface area contributed by atoms with Crippen LogP contribution in [0.15, 0.2) is 18.2 Å². The first kappa shape index (κ1) is 9.62. The predicted octanol–water partition coefficient (Wildman–Crippen LogP) is 2.35. The van der Waals surface area contributed by atoms with Crippen molar-refractivity contribution in [3.05, 3.63) is 33.8 Å². The van der Waals surface area contributed by atoms with E-state index in [0.29, 0.717) is 16.6 Å². The summed E-state index contributed by atoms with van der Waals surface area (Å²) in [5.74, 6) is 0. The van der Waals surface area contributed by atoms with Gasteiger partial charge in [-0.2, -0.15) is 0 Å². The Kier molecular flexibility index (Phi) is 2.52. The van der Waals surface area contributed by atoms with Crippen LogP contribution in [-0.4, -0.2) is 12.6 Å². The van der Waals surface area contributed by atoms with Crippen molar-refractivity contribution in [1.82, 2.24) is 10.6 Å². The van der Waals surface area contributed by atoms with Gasteiger partial charge in [-0.1, -0.05) is 35.3 Å². The maximum atomic E-state index is 10.9. The summed E-state index contributed by atoms with van der Waals surface area (Å²) in [5.41, 5.74) is 0.845. The molecule has 2 rings (SSSR count). The van der Waals surface area contributed by atoms with Gasteiger partial charge >= 0.3 is 6.03 Å². The Bertz CT molecular complexity index is 381. The third kappa shape index (κ3) is 1.65. The Labute approximate surface area is 91.4 Å². The zero-order chi connectivity index (χ0) is 10.1. The minimum atomic E-state index is -0.175. The van der Waals surface area contributed by atoms with E-state index in [2.05, 4.69) is 10.6 Å². The van der Waals surface area contributed by atoms with Crippen molar-refractivity contribution in [2.45, 2.75) is 6.04 Å². The fraction of sp³-hybridized carbons (Fsp3) is 0.222. The molecule has 0 bridgehead atoms. The van der Waals surface area contributed by atoms with Crippen molar-refractivity contribution in [2.75, 3.05) is 6.54 Å². The van der Waals surface area contributed by atoms with Gasteiger partial charge < -0.3 is 10.6 Å². The van der Waals surface area contributed by atoms with Crippen LogP contribution in [0.3, 0.4) is 0 Å². The van der Waals surface area contributed by atoms with E-state index in [1.165, 1.54) is 0 Å². The summed E-state index contributed by atoms with van der Waals surface area (Å²) in [7, 11) is 0. The minimum Gasteiger partial charge on any atom is -0.336 e. The zero-order valence-electron chi connectivity index (χ0n) is 7.18. The molecular weight excluding hydrogens is 223 g/mol. The van der Waals surface area contributed by atoms with Crippen LogP contribution in [0.2, 0.25) is 10.0 Å². The third-order valence-corrected chi connectivity index (χ3v) is 2.96. The van der Waals surface area contributed by atoms with Crippen LogP contribution in [0.1, 0.15) is 11.6 Å². The molecule has 1 aliphatic rings. The van der Waals surface area contributed by atoms with Gasteiger partial charge in [0.25, 0.3) is 0 Å². The van der Waals surface area contributed by atoms with E-state index in [-0.39, 0.29) is 12.1 Å². The summed E-state index contributed by atoms with van der Waals surface area (Å²) in [5, 5.41) is 6.42. The lowest BCUT2D eigenvalue weighted by molar-refractivity contribution is 0.247. The van der Waals surface area contributed by atoms with Crippen LogP contribution in [0.25, 0.3) is 0 Å². The molecule has 1 atom stereocenters. The lowest BCUT2D eigenvalue weighted by Gasteiger charge is -2.11. The van der Waals surface area contributed by atoms with E-state index in [9.17, 15) is 4.79 Å². The predicted molar refractivity (Wildman–Crippen MR) is 55.7 cm³/mol. The molecule has 2 N–H and O–H groups in total. The number of benzene rings is 1. The number of carbonyl (C=O) groups excluding carboxylic acids is 1. The second kappa shape index (κ2) is 3.67. The minimum absolute atomic E-state index is 0.0892. The normalized spacial score (nSPS) is 20.4. The summed E-state index contributed by atoms with van der Waals surface area (Å²) in [6.45, 7) is 0.541. The van der Waals surface area contributed by atoms with Crippen molar-refractivity contribution >= 4 is 29.2 Å². The average molecular weight is 231 g/mol. The maximum Gasteiger partial charge on any atom is 0.315 e. The molecule has 0 aliphatic carbocycles. The molecule has 5 heteroatoms. The molecule has 1 aromatic rings. The van der Waals surface area contributed by atoms with Gasteiger partial charge in [0.05, 0.1) is 16.1 Å². The average Bonchev–Trinajstić information content (AvgIpc) is 2.57. The number of carbonyl (C=O) groups is 1. The van der Waals surface area contributed by atoms with Crippen molar-refractivity contribution in [1.29, 1.82) is 0 Å². The number of hydrogen-bond acceptors (Lipinski definition) is 1. The molecule has 1 heterocycles. The molecule has 1 saturated heterocycles. The van der Waals surface area contributed by atoms with E-state index >= 15 is 0 Å². The second-order valence-electron chi connectivity index (χ2n) is 3.05. The molecule has 1 aromatic carbocycles. The Morgan fingerprint density at radius 2 is 2.14 bits per heavy atom. The number of halogens is 2. The van der Waals surface area contributed by atoms with Gasteiger partial charge in [-0.05, 0) is 11.6 Å². The van der Waals surface area contributed by atoms with Crippen LogP contribution in [0.5, 0.6) is 0 Å². The molecule has 2 amide bonds. The van der Waals surface area contributed by atoms with Gasteiger partial charge in [-0.25, -0.2) is 4.79 Å². The Morgan fingerprint density at radius 3 is 2.79 bits per heavy atom. The molecule has 0 aromatic heterocycles. The first-order chi connectivity index (χ1) is 6.68. The molecule has 14 heavy (non-hydrogen) atoms. The highest BCUT2D eigenvalue weighted by Gasteiger charge is 2.23. The Hall–Kier alpha value is -0.930. The monoisotopic (exact) mass is 230 g/mol. The molecule has 0 radical (unpaired) electrons. The maximum absolute atomic E-state index is 10.9. The van der Waals surface area contributed by atoms with Crippen LogP contribution in [0, 0.1) is 0 Å². The standard InChI is InChI=1S/C9H8Cl2N2O/c10-6-3-1-2-5(8(6)11)7-4-12-9(14)13-7/h1-3,7H,4H2,(H2,12,13,14).